The Morgan fingerprint density at radius 2 is 2.00 bits per heavy atom. The van der Waals surface area contributed by atoms with Crippen molar-refractivity contribution in [2.24, 2.45) is 0 Å². The zero-order valence-corrected chi connectivity index (χ0v) is 18.8. The van der Waals surface area contributed by atoms with Crippen molar-refractivity contribution < 1.29 is 18.0 Å². The second-order valence-electron chi connectivity index (χ2n) is 7.81. The summed E-state index contributed by atoms with van der Waals surface area (Å²) in [7, 11) is 0. The molecule has 3 aromatic rings. The SMILES string of the molecule is Cc1nsc(Nc2cncc(C3CCN(CCF)CC3)n2)c1C(=O)Nc1ccc(F)c(F)c1. The van der Waals surface area contributed by atoms with Crippen LogP contribution < -0.4 is 10.6 Å². The summed E-state index contributed by atoms with van der Waals surface area (Å²) in [6, 6.07) is 3.15. The topological polar surface area (TPSA) is 83.0 Å². The molecule has 4 rings (SSSR count). The lowest BCUT2D eigenvalue weighted by atomic mass is 9.94. The molecule has 33 heavy (non-hydrogen) atoms. The van der Waals surface area contributed by atoms with Gasteiger partial charge in [-0.1, -0.05) is 0 Å². The molecule has 2 N–H and O–H groups in total. The molecule has 0 unspecified atom stereocenters. The highest BCUT2D eigenvalue weighted by atomic mass is 32.1. The van der Waals surface area contributed by atoms with Crippen molar-refractivity contribution in [1.82, 2.24) is 19.2 Å². The van der Waals surface area contributed by atoms with E-state index in [0.717, 1.165) is 55.3 Å². The molecule has 0 atom stereocenters. The van der Waals surface area contributed by atoms with Crippen LogP contribution in [0.2, 0.25) is 0 Å². The lowest BCUT2D eigenvalue weighted by Crippen LogP contribution is -2.34. The number of nitrogens with one attached hydrogen (secondary N) is 2. The van der Waals surface area contributed by atoms with Crippen LogP contribution in [0.25, 0.3) is 0 Å². The summed E-state index contributed by atoms with van der Waals surface area (Å²) in [6.07, 6.45) is 5.04. The largest absolute Gasteiger partial charge is 0.329 e. The number of nitrogens with zero attached hydrogens (tertiary/aromatic N) is 4. The highest BCUT2D eigenvalue weighted by Crippen LogP contribution is 2.30. The van der Waals surface area contributed by atoms with Gasteiger partial charge in [0.05, 0.1) is 23.1 Å². The zero-order valence-electron chi connectivity index (χ0n) is 17.9. The Labute approximate surface area is 193 Å². The standard InChI is InChI=1S/C22H23F3N6OS/c1-13-20(21(32)27-15-2-3-16(24)17(25)10-15)22(33-30-13)29-19-12-26-11-18(28-19)14-4-7-31(8-5-14)9-6-23/h2-3,10-12,14H,4-9H2,1H3,(H,27,32)(H,28,29). The molecule has 1 aliphatic rings. The van der Waals surface area contributed by atoms with Gasteiger partial charge in [-0.15, -0.1) is 0 Å². The quantitative estimate of drug-likeness (QED) is 0.516. The predicted molar refractivity (Wildman–Crippen MR) is 121 cm³/mol. The van der Waals surface area contributed by atoms with Crippen molar-refractivity contribution in [2.45, 2.75) is 25.7 Å². The first-order valence-corrected chi connectivity index (χ1v) is 11.3. The lowest BCUT2D eigenvalue weighted by Gasteiger charge is -2.30. The van der Waals surface area contributed by atoms with Gasteiger partial charge in [0.25, 0.3) is 5.91 Å². The van der Waals surface area contributed by atoms with E-state index >= 15 is 0 Å². The van der Waals surface area contributed by atoms with Gasteiger partial charge in [0.15, 0.2) is 11.6 Å². The summed E-state index contributed by atoms with van der Waals surface area (Å²) in [5.41, 5.74) is 1.76. The molecule has 1 amide bonds. The molecule has 0 saturated carbocycles. The van der Waals surface area contributed by atoms with Gasteiger partial charge in [-0.05, 0) is 56.5 Å². The van der Waals surface area contributed by atoms with Crippen LogP contribution in [0.3, 0.4) is 0 Å². The molecule has 3 heterocycles. The Hall–Kier alpha value is -3.05. The van der Waals surface area contributed by atoms with Crippen LogP contribution in [-0.4, -0.2) is 51.5 Å². The van der Waals surface area contributed by atoms with Crippen LogP contribution in [0, 0.1) is 18.6 Å². The second kappa shape index (κ2) is 10.3. The molecule has 1 saturated heterocycles. The molecule has 174 valence electrons. The van der Waals surface area contributed by atoms with Crippen LogP contribution in [0.15, 0.2) is 30.6 Å². The zero-order chi connectivity index (χ0) is 23.4. The van der Waals surface area contributed by atoms with Gasteiger partial charge in [0, 0.05) is 30.4 Å². The molecule has 7 nitrogen and oxygen atoms in total. The van der Waals surface area contributed by atoms with Gasteiger partial charge in [-0.25, -0.2) is 18.2 Å². The Bertz CT molecular complexity index is 1130. The van der Waals surface area contributed by atoms with Crippen molar-refractivity contribution >= 4 is 33.9 Å². The number of halogens is 3. The van der Waals surface area contributed by atoms with E-state index in [1.54, 1.807) is 19.3 Å². The van der Waals surface area contributed by atoms with Gasteiger partial charge >= 0.3 is 0 Å². The monoisotopic (exact) mass is 476 g/mol. The minimum absolute atomic E-state index is 0.136. The molecule has 11 heteroatoms. The average molecular weight is 477 g/mol. The van der Waals surface area contributed by atoms with Gasteiger partial charge in [-0.3, -0.25) is 9.78 Å². The van der Waals surface area contributed by atoms with Gasteiger partial charge < -0.3 is 15.5 Å². The van der Waals surface area contributed by atoms with E-state index in [9.17, 15) is 18.0 Å². The fourth-order valence-corrected chi connectivity index (χ4v) is 4.62. The Balaban J connectivity index is 1.47. The molecule has 2 aromatic heterocycles. The van der Waals surface area contributed by atoms with Crippen molar-refractivity contribution in [3.05, 3.63) is 59.2 Å². The maximum atomic E-state index is 13.5. The number of aromatic nitrogens is 3. The van der Waals surface area contributed by atoms with E-state index in [1.165, 1.54) is 6.07 Å². The number of alkyl halides is 1. The smallest absolute Gasteiger partial charge is 0.260 e. The molecular weight excluding hydrogens is 453 g/mol. The van der Waals surface area contributed by atoms with Gasteiger partial charge in [-0.2, -0.15) is 4.37 Å². The number of rotatable bonds is 7. The number of carbonyl (C=O) groups is 1. The third kappa shape index (κ3) is 5.48. The van der Waals surface area contributed by atoms with E-state index in [2.05, 4.69) is 29.9 Å². The summed E-state index contributed by atoms with van der Waals surface area (Å²) in [5.74, 6) is -1.83. The van der Waals surface area contributed by atoms with Crippen LogP contribution in [0.4, 0.5) is 29.7 Å². The minimum Gasteiger partial charge on any atom is -0.329 e. The van der Waals surface area contributed by atoms with E-state index in [1.807, 2.05) is 0 Å². The number of piperidine rings is 1. The summed E-state index contributed by atoms with van der Waals surface area (Å²) in [4.78, 5) is 23.9. The third-order valence-corrected chi connectivity index (χ3v) is 6.42. The molecule has 0 spiro atoms. The molecule has 0 radical (unpaired) electrons. The number of amides is 1. The fourth-order valence-electron chi connectivity index (χ4n) is 3.82. The van der Waals surface area contributed by atoms with Crippen LogP contribution >= 0.6 is 11.5 Å². The first kappa shape index (κ1) is 23.1. The summed E-state index contributed by atoms with van der Waals surface area (Å²) >= 11 is 1.10. The Kier molecular flexibility index (Phi) is 7.19. The average Bonchev–Trinajstić information content (AvgIpc) is 3.17. The number of anilines is 3. The van der Waals surface area contributed by atoms with E-state index in [4.69, 9.17) is 0 Å². The maximum Gasteiger partial charge on any atom is 0.260 e. The van der Waals surface area contributed by atoms with Crippen molar-refractivity contribution in [3.8, 4) is 0 Å². The lowest BCUT2D eigenvalue weighted by molar-refractivity contribution is 0.102. The maximum absolute atomic E-state index is 13.5. The molecular formula is C22H23F3N6OS. The van der Waals surface area contributed by atoms with Gasteiger partial charge in [0.2, 0.25) is 0 Å². The Morgan fingerprint density at radius 3 is 2.73 bits per heavy atom. The van der Waals surface area contributed by atoms with E-state index in [0.29, 0.717) is 23.1 Å². The number of hydrogen-bond donors (Lipinski definition) is 2. The molecule has 1 aromatic carbocycles. The van der Waals surface area contributed by atoms with Crippen LogP contribution in [-0.2, 0) is 0 Å². The normalized spacial score (nSPS) is 14.9. The second-order valence-corrected chi connectivity index (χ2v) is 8.59. The third-order valence-electron chi connectivity index (χ3n) is 5.57. The predicted octanol–water partition coefficient (Wildman–Crippen LogP) is 4.66. The number of hydrogen-bond acceptors (Lipinski definition) is 7. The summed E-state index contributed by atoms with van der Waals surface area (Å²) < 4.78 is 43.5. The van der Waals surface area contributed by atoms with E-state index < -0.39 is 17.5 Å². The molecule has 0 bridgehead atoms. The molecule has 1 aliphatic heterocycles. The first-order chi connectivity index (χ1) is 15.9. The number of likely N-dealkylation sites (tertiary alicyclic amines) is 1. The van der Waals surface area contributed by atoms with E-state index in [-0.39, 0.29) is 23.8 Å². The summed E-state index contributed by atoms with van der Waals surface area (Å²) in [6.45, 7) is 3.44. The molecule has 0 aliphatic carbocycles. The minimum atomic E-state index is -1.05. The van der Waals surface area contributed by atoms with Crippen LogP contribution in [0.5, 0.6) is 0 Å². The van der Waals surface area contributed by atoms with Crippen molar-refractivity contribution in [3.63, 3.8) is 0 Å². The number of carbonyl (C=O) groups excluding carboxylic acids is 1. The van der Waals surface area contributed by atoms with Gasteiger partial charge in [0.1, 0.15) is 17.5 Å². The Morgan fingerprint density at radius 1 is 1.21 bits per heavy atom. The van der Waals surface area contributed by atoms with Crippen molar-refractivity contribution in [1.29, 1.82) is 0 Å². The first-order valence-electron chi connectivity index (χ1n) is 10.5. The fraction of sp³-hybridized carbons (Fsp3) is 0.364. The molecule has 1 fully saturated rings. The number of aryl methyl sites for hydroxylation is 1. The summed E-state index contributed by atoms with van der Waals surface area (Å²) in [5, 5.41) is 6.16. The highest BCUT2D eigenvalue weighted by Gasteiger charge is 2.23. The number of benzene rings is 1. The highest BCUT2D eigenvalue weighted by molar-refractivity contribution is 7.10. The van der Waals surface area contributed by atoms with Crippen molar-refractivity contribution in [2.75, 3.05) is 36.9 Å². The van der Waals surface area contributed by atoms with Crippen LogP contribution in [0.1, 0.15) is 40.5 Å².